The number of nitrogens with one attached hydrogen (secondary N) is 2. The predicted octanol–water partition coefficient (Wildman–Crippen LogP) is 4.70. The van der Waals surface area contributed by atoms with Crippen LogP contribution in [0.3, 0.4) is 0 Å². The molecule has 0 aliphatic carbocycles. The number of carbonyl (C=O) groups excluding carboxylic acids is 2. The van der Waals surface area contributed by atoms with E-state index in [0.717, 1.165) is 14.7 Å². The molecule has 0 heterocycles. The Bertz CT molecular complexity index is 995. The van der Waals surface area contributed by atoms with Gasteiger partial charge < -0.3 is 14.8 Å². The molecule has 0 aliphatic heterocycles. The van der Waals surface area contributed by atoms with Crippen molar-refractivity contribution in [2.45, 2.75) is 19.8 Å². The van der Waals surface area contributed by atoms with Gasteiger partial charge in [0.1, 0.15) is 6.61 Å². The summed E-state index contributed by atoms with van der Waals surface area (Å²) in [5.74, 6) is 0.508. The molecule has 2 amide bonds. The number of anilines is 1. The highest BCUT2D eigenvalue weighted by atomic mass is 127. The van der Waals surface area contributed by atoms with Crippen molar-refractivity contribution in [2.75, 3.05) is 19.0 Å². The van der Waals surface area contributed by atoms with E-state index >= 15 is 0 Å². The molecule has 0 aliphatic rings. The Morgan fingerprint density at radius 2 is 1.97 bits per heavy atom. The average Bonchev–Trinajstić information content (AvgIpc) is 2.74. The van der Waals surface area contributed by atoms with Gasteiger partial charge in [-0.25, -0.2) is 5.43 Å². The van der Waals surface area contributed by atoms with E-state index in [1.807, 2.05) is 19.1 Å². The molecule has 0 bridgehead atoms. The van der Waals surface area contributed by atoms with E-state index in [1.165, 1.54) is 6.21 Å². The van der Waals surface area contributed by atoms with Crippen LogP contribution in [0.2, 0.25) is 5.02 Å². The summed E-state index contributed by atoms with van der Waals surface area (Å²) in [5, 5.41) is 7.22. The maximum absolute atomic E-state index is 12.0. The lowest BCUT2D eigenvalue weighted by molar-refractivity contribution is -0.124. The van der Waals surface area contributed by atoms with Crippen molar-refractivity contribution in [1.82, 2.24) is 5.43 Å². The largest absolute Gasteiger partial charge is 0.493 e. The smallest absolute Gasteiger partial charge is 0.240 e. The van der Waals surface area contributed by atoms with Crippen LogP contribution >= 0.6 is 34.2 Å². The summed E-state index contributed by atoms with van der Waals surface area (Å²) in [4.78, 5) is 24.0. The first-order valence-corrected chi connectivity index (χ1v) is 10.8. The minimum atomic E-state index is -0.374. The zero-order valence-electron chi connectivity index (χ0n) is 17.2. The highest BCUT2D eigenvalue weighted by Crippen LogP contribution is 2.33. The maximum Gasteiger partial charge on any atom is 0.240 e. The van der Waals surface area contributed by atoms with E-state index in [9.17, 15) is 9.59 Å². The summed E-state index contributed by atoms with van der Waals surface area (Å²) >= 11 is 8.17. The first kappa shape index (κ1) is 24.7. The second-order valence-corrected chi connectivity index (χ2v) is 8.01. The Kier molecular flexibility index (Phi) is 9.80. The normalized spacial score (nSPS) is 10.6. The molecule has 0 unspecified atom stereocenters. The number of hydrazone groups is 1. The Balaban J connectivity index is 1.86. The second kappa shape index (κ2) is 12.3. The Hall–Kier alpha value is -2.59. The number of ether oxygens (including phenoxy) is 2. The zero-order chi connectivity index (χ0) is 22.8. The number of amides is 2. The predicted molar refractivity (Wildman–Crippen MR) is 131 cm³/mol. The number of benzene rings is 2. The van der Waals surface area contributed by atoms with E-state index in [2.05, 4.69) is 45.0 Å². The highest BCUT2D eigenvalue weighted by Gasteiger charge is 2.11. The van der Waals surface area contributed by atoms with Gasteiger partial charge in [0.2, 0.25) is 11.8 Å². The fourth-order valence-corrected chi connectivity index (χ4v) is 3.41. The van der Waals surface area contributed by atoms with Gasteiger partial charge in [-0.3, -0.25) is 9.59 Å². The molecule has 2 aromatic rings. The lowest BCUT2D eigenvalue weighted by Gasteiger charge is -2.12. The zero-order valence-corrected chi connectivity index (χ0v) is 20.1. The van der Waals surface area contributed by atoms with E-state index in [4.69, 9.17) is 21.1 Å². The Morgan fingerprint density at radius 3 is 2.65 bits per heavy atom. The summed E-state index contributed by atoms with van der Waals surface area (Å²) in [7, 11) is 1.55. The molecule has 31 heavy (non-hydrogen) atoms. The lowest BCUT2D eigenvalue weighted by Crippen LogP contribution is -2.20. The number of carbonyl (C=O) groups is 2. The topological polar surface area (TPSA) is 89.0 Å². The third kappa shape index (κ3) is 7.87. The molecule has 9 heteroatoms. The maximum atomic E-state index is 12.0. The average molecular weight is 556 g/mol. The summed E-state index contributed by atoms with van der Waals surface area (Å²) in [5.41, 5.74) is 4.64. The molecular formula is C22H23ClIN3O4. The molecule has 0 spiro atoms. The van der Waals surface area contributed by atoms with Crippen LogP contribution in [0.15, 0.2) is 48.1 Å². The van der Waals surface area contributed by atoms with Gasteiger partial charge in [-0.2, -0.15) is 5.10 Å². The van der Waals surface area contributed by atoms with Crippen molar-refractivity contribution in [3.05, 3.63) is 62.7 Å². The minimum absolute atomic E-state index is 0.00203. The molecule has 0 saturated heterocycles. The van der Waals surface area contributed by atoms with Crippen molar-refractivity contribution < 1.29 is 19.1 Å². The van der Waals surface area contributed by atoms with Gasteiger partial charge >= 0.3 is 0 Å². The second-order valence-electron chi connectivity index (χ2n) is 6.44. The van der Waals surface area contributed by atoms with Gasteiger partial charge in [-0.1, -0.05) is 30.3 Å². The fraction of sp³-hybridized carbons (Fsp3) is 0.227. The number of hydrogen-bond donors (Lipinski definition) is 2. The van der Waals surface area contributed by atoms with Gasteiger partial charge in [-0.05, 0) is 64.9 Å². The van der Waals surface area contributed by atoms with E-state index in [1.54, 1.807) is 31.4 Å². The molecule has 2 rings (SSSR count). The van der Waals surface area contributed by atoms with E-state index in [-0.39, 0.29) is 24.7 Å². The van der Waals surface area contributed by atoms with Crippen LogP contribution in [-0.4, -0.2) is 31.7 Å². The third-order valence-corrected chi connectivity index (χ3v) is 5.24. The van der Waals surface area contributed by atoms with Gasteiger partial charge in [-0.15, -0.1) is 0 Å². The summed E-state index contributed by atoms with van der Waals surface area (Å²) in [6, 6.07) is 8.83. The van der Waals surface area contributed by atoms with E-state index < -0.39 is 0 Å². The molecule has 0 fully saturated rings. The van der Waals surface area contributed by atoms with Crippen LogP contribution in [0, 0.1) is 10.5 Å². The molecule has 2 N–H and O–H groups in total. The molecule has 7 nitrogen and oxygen atoms in total. The Labute approximate surface area is 200 Å². The first-order chi connectivity index (χ1) is 14.8. The summed E-state index contributed by atoms with van der Waals surface area (Å²) < 4.78 is 11.8. The first-order valence-electron chi connectivity index (χ1n) is 9.33. The van der Waals surface area contributed by atoms with Gasteiger partial charge in [0.25, 0.3) is 0 Å². The third-order valence-electron chi connectivity index (χ3n) is 4.03. The van der Waals surface area contributed by atoms with Crippen LogP contribution in [0.1, 0.15) is 24.0 Å². The highest BCUT2D eigenvalue weighted by molar-refractivity contribution is 14.1. The number of halogens is 2. The van der Waals surface area contributed by atoms with Crippen molar-refractivity contribution >= 4 is 57.9 Å². The summed E-state index contributed by atoms with van der Waals surface area (Å²) in [6.07, 6.45) is 3.16. The Morgan fingerprint density at radius 1 is 1.23 bits per heavy atom. The monoisotopic (exact) mass is 555 g/mol. The standard InChI is InChI=1S/C22H23ClIN3O4/c1-4-9-31-22-18(24)10-15(11-19(22)30-3)13-25-27-21(29)8-7-20(28)26-16-6-5-14(2)17(23)12-16/h4-6,10-13H,1,7-9H2,2-3H3,(H,26,28)(H,27,29). The number of rotatable bonds is 10. The molecule has 0 aromatic heterocycles. The van der Waals surface area contributed by atoms with Crippen LogP contribution in [0.4, 0.5) is 5.69 Å². The number of aryl methyl sites for hydroxylation is 1. The number of nitrogens with zero attached hydrogens (tertiary/aromatic N) is 1. The molecule has 0 radical (unpaired) electrons. The van der Waals surface area contributed by atoms with Crippen LogP contribution in [0.5, 0.6) is 11.5 Å². The summed E-state index contributed by atoms with van der Waals surface area (Å²) in [6.45, 7) is 5.87. The van der Waals surface area contributed by atoms with E-state index in [0.29, 0.717) is 28.8 Å². The molecule has 0 saturated carbocycles. The van der Waals surface area contributed by atoms with Crippen molar-refractivity contribution in [2.24, 2.45) is 5.10 Å². The minimum Gasteiger partial charge on any atom is -0.493 e. The van der Waals surface area contributed by atoms with Crippen molar-refractivity contribution in [1.29, 1.82) is 0 Å². The quantitative estimate of drug-likeness (QED) is 0.193. The SMILES string of the molecule is C=CCOc1c(I)cc(C=NNC(=O)CCC(=O)Nc2ccc(C)c(Cl)c2)cc1OC. The molecule has 0 atom stereocenters. The van der Waals surface area contributed by atoms with Crippen LogP contribution in [-0.2, 0) is 9.59 Å². The van der Waals surface area contributed by atoms with Crippen LogP contribution < -0.4 is 20.2 Å². The molecular weight excluding hydrogens is 533 g/mol. The molecule has 164 valence electrons. The van der Waals surface area contributed by atoms with Crippen molar-refractivity contribution in [3.63, 3.8) is 0 Å². The molecule has 2 aromatic carbocycles. The number of methoxy groups -OCH3 is 1. The lowest BCUT2D eigenvalue weighted by atomic mass is 10.2. The van der Waals surface area contributed by atoms with Crippen LogP contribution in [0.25, 0.3) is 0 Å². The number of hydrogen-bond acceptors (Lipinski definition) is 5. The fourth-order valence-electron chi connectivity index (χ4n) is 2.45. The van der Waals surface area contributed by atoms with Crippen molar-refractivity contribution in [3.8, 4) is 11.5 Å². The van der Waals surface area contributed by atoms with Gasteiger partial charge in [0.05, 0.1) is 16.9 Å². The van der Waals surface area contributed by atoms with Gasteiger partial charge in [0, 0.05) is 23.6 Å². The van der Waals surface area contributed by atoms with Gasteiger partial charge in [0.15, 0.2) is 11.5 Å².